The Bertz CT molecular complexity index is 2380. The number of esters is 2. The smallest absolute Gasteiger partial charge is 0.419 e. The summed E-state index contributed by atoms with van der Waals surface area (Å²) in [6, 6.07) is 22.2. The van der Waals surface area contributed by atoms with Crippen LogP contribution in [0.1, 0.15) is 69.7 Å². The monoisotopic (exact) mass is 849 g/mol. The lowest BCUT2D eigenvalue weighted by Crippen LogP contribution is -2.67. The molecule has 7 rings (SSSR count). The molecule has 0 spiro atoms. The third-order valence-electron chi connectivity index (χ3n) is 12.5. The van der Waals surface area contributed by atoms with E-state index in [1.165, 1.54) is 36.1 Å². The van der Waals surface area contributed by atoms with Crippen LogP contribution in [0, 0.1) is 28.9 Å². The Kier molecular flexibility index (Phi) is 11.6. The van der Waals surface area contributed by atoms with Crippen LogP contribution in [0.5, 0.6) is 17.2 Å². The molecule has 0 saturated carbocycles. The number of fused-ring (bicyclic) bond motifs is 3. The highest BCUT2D eigenvalue weighted by molar-refractivity contribution is 6.74. The van der Waals surface area contributed by atoms with Crippen LogP contribution in [0.25, 0.3) is 0 Å². The number of aryl methyl sites for hydroxylation is 1. The highest BCUT2D eigenvalue weighted by Crippen LogP contribution is 2.53. The Hall–Kier alpha value is -6.06. The number of anilines is 2. The molecule has 0 aromatic heterocycles. The lowest BCUT2D eigenvalue weighted by Gasteiger charge is -2.50. The number of non-ortho nitro benzene ring substituents is 1. The van der Waals surface area contributed by atoms with Crippen molar-refractivity contribution in [2.24, 2.45) is 11.8 Å². The second kappa shape index (κ2) is 16.4. The molecule has 2 fully saturated rings. The maximum atomic E-state index is 14.1. The molecule has 0 N–H and O–H groups in total. The number of hydrogen-bond acceptors (Lipinski definition) is 11. The van der Waals surface area contributed by atoms with Crippen molar-refractivity contribution in [2.45, 2.75) is 104 Å². The van der Waals surface area contributed by atoms with Crippen LogP contribution in [0.2, 0.25) is 18.1 Å². The second-order valence-corrected chi connectivity index (χ2v) is 22.4. The fourth-order valence-corrected chi connectivity index (χ4v) is 9.82. The van der Waals surface area contributed by atoms with Crippen molar-refractivity contribution in [1.82, 2.24) is 4.90 Å². The van der Waals surface area contributed by atoms with Gasteiger partial charge in [-0.25, -0.2) is 14.5 Å². The SMILES string of the molecule is CC(=O)Oc1ccc2c(c1)Oc1cc(C)ccc1N2C(=O)OCc1ccc(C2C(C(=O)OCc3ccc([N+](=O)[O-])cc3)N3C(=O)[C@H]([C@@H](C)O[Si](C)(C)C(C)(C)C)[C@H]3[C@H]2C)cc1. The zero-order valence-corrected chi connectivity index (χ0v) is 36.8. The molecule has 14 nitrogen and oxygen atoms in total. The van der Waals surface area contributed by atoms with E-state index in [1.807, 2.05) is 44.2 Å². The fourth-order valence-electron chi connectivity index (χ4n) is 8.39. The van der Waals surface area contributed by atoms with Crippen LogP contribution in [-0.4, -0.2) is 60.3 Å². The summed E-state index contributed by atoms with van der Waals surface area (Å²) in [7, 11) is -2.23. The van der Waals surface area contributed by atoms with Gasteiger partial charge in [-0.1, -0.05) is 58.0 Å². The Balaban J connectivity index is 1.11. The van der Waals surface area contributed by atoms with Crippen LogP contribution in [0.15, 0.2) is 84.9 Å². The zero-order chi connectivity index (χ0) is 44.1. The number of hydrogen-bond donors (Lipinski definition) is 0. The molecule has 2 unspecified atom stereocenters. The van der Waals surface area contributed by atoms with Crippen LogP contribution >= 0.6 is 0 Å². The minimum atomic E-state index is -2.23. The van der Waals surface area contributed by atoms with Crippen molar-refractivity contribution in [1.29, 1.82) is 0 Å². The van der Waals surface area contributed by atoms with Gasteiger partial charge in [-0.05, 0) is 96.5 Å². The number of rotatable bonds is 11. The number of benzene rings is 4. The van der Waals surface area contributed by atoms with Gasteiger partial charge < -0.3 is 28.3 Å². The van der Waals surface area contributed by atoms with E-state index in [2.05, 4.69) is 40.8 Å². The fraction of sp³-hybridized carbons (Fsp3) is 0.391. The highest BCUT2D eigenvalue weighted by atomic mass is 28.4. The number of β-lactam (4-membered cyclic amide) rings is 1. The summed E-state index contributed by atoms with van der Waals surface area (Å²) in [6.07, 6.45) is -1.02. The first-order valence-corrected chi connectivity index (χ1v) is 23.2. The Morgan fingerprint density at radius 3 is 2.08 bits per heavy atom. The molecule has 6 atom stereocenters. The minimum absolute atomic E-state index is 0.0649. The molecule has 15 heteroatoms. The van der Waals surface area contributed by atoms with Gasteiger partial charge in [-0.2, -0.15) is 0 Å². The van der Waals surface area contributed by atoms with E-state index in [1.54, 1.807) is 35.2 Å². The Labute approximate surface area is 356 Å². The maximum absolute atomic E-state index is 14.1. The molecule has 3 heterocycles. The summed E-state index contributed by atoms with van der Waals surface area (Å²) >= 11 is 0. The van der Waals surface area contributed by atoms with E-state index in [4.69, 9.17) is 23.4 Å². The van der Waals surface area contributed by atoms with Gasteiger partial charge in [0.05, 0.1) is 28.3 Å². The number of carbonyl (C=O) groups is 4. The number of carbonyl (C=O) groups excluding carboxylic acids is 4. The van der Waals surface area contributed by atoms with Gasteiger partial charge >= 0.3 is 18.0 Å². The number of amides is 2. The van der Waals surface area contributed by atoms with Crippen molar-refractivity contribution in [2.75, 3.05) is 4.90 Å². The Morgan fingerprint density at radius 2 is 1.48 bits per heavy atom. The normalized spacial score (nSPS) is 20.9. The molecule has 3 aliphatic rings. The van der Waals surface area contributed by atoms with Gasteiger partial charge in [-0.3, -0.25) is 19.7 Å². The first-order chi connectivity index (χ1) is 28.7. The van der Waals surface area contributed by atoms with E-state index in [-0.39, 0.29) is 53.7 Å². The van der Waals surface area contributed by atoms with Crippen LogP contribution in [0.4, 0.5) is 21.9 Å². The summed E-state index contributed by atoms with van der Waals surface area (Å²) in [5, 5.41) is 11.1. The van der Waals surface area contributed by atoms with Gasteiger partial charge in [0.2, 0.25) is 5.91 Å². The third kappa shape index (κ3) is 8.36. The molecule has 61 heavy (non-hydrogen) atoms. The number of ether oxygens (including phenoxy) is 4. The van der Waals surface area contributed by atoms with E-state index < -0.39 is 49.2 Å². The van der Waals surface area contributed by atoms with Gasteiger partial charge in [0.15, 0.2) is 19.8 Å². The van der Waals surface area contributed by atoms with Gasteiger partial charge in [0, 0.05) is 37.1 Å². The zero-order valence-electron chi connectivity index (χ0n) is 35.8. The van der Waals surface area contributed by atoms with Gasteiger partial charge in [0.1, 0.15) is 25.0 Å². The predicted molar refractivity (Wildman–Crippen MR) is 228 cm³/mol. The first-order valence-electron chi connectivity index (χ1n) is 20.3. The highest BCUT2D eigenvalue weighted by Gasteiger charge is 2.65. The standard InChI is InChI=1S/C46H51N3O11Si/c1-26-10-20-35-37(22-26)59-38-23-34(58-29(4)50)19-21-36(38)47(35)45(53)57-25-30-11-15-32(16-12-30)39-27(2)41-40(28(3)60-61(8,9)46(5,6)7)43(51)48(41)42(39)44(52)56-24-31-13-17-33(18-14-31)49(54)55/h10-23,27-28,39-42H,24-25H2,1-9H3/t27-,28+,39?,40+,41+,42?/m0/s1. The maximum Gasteiger partial charge on any atom is 0.419 e. The number of nitro benzene ring substituents is 1. The van der Waals surface area contributed by atoms with Crippen LogP contribution < -0.4 is 14.4 Å². The largest absolute Gasteiger partial charge is 0.459 e. The first kappa shape index (κ1) is 43.0. The molecular weight excluding hydrogens is 799 g/mol. The quantitative estimate of drug-likeness (QED) is 0.0353. The lowest BCUT2D eigenvalue weighted by molar-refractivity contribution is -0.384. The molecule has 0 bridgehead atoms. The average molecular weight is 850 g/mol. The van der Waals surface area contributed by atoms with Gasteiger partial charge in [0.25, 0.3) is 5.69 Å². The molecule has 4 aromatic carbocycles. The molecular formula is C46H51N3O11Si. The van der Waals surface area contributed by atoms with E-state index >= 15 is 0 Å². The second-order valence-electron chi connectivity index (χ2n) is 17.6. The van der Waals surface area contributed by atoms with Crippen LogP contribution in [0.3, 0.4) is 0 Å². The van der Waals surface area contributed by atoms with Crippen molar-refractivity contribution >= 4 is 49.3 Å². The summed E-state index contributed by atoms with van der Waals surface area (Å²) in [5.74, 6) is -1.21. The molecule has 2 saturated heterocycles. The molecule has 320 valence electrons. The summed E-state index contributed by atoms with van der Waals surface area (Å²) < 4.78 is 29.8. The third-order valence-corrected chi connectivity index (χ3v) is 17.0. The molecule has 0 aliphatic carbocycles. The summed E-state index contributed by atoms with van der Waals surface area (Å²) in [5.41, 5.74) is 3.83. The number of nitrogens with zero attached hydrogens (tertiary/aromatic N) is 3. The molecule has 3 aliphatic heterocycles. The van der Waals surface area contributed by atoms with E-state index in [0.29, 0.717) is 34.0 Å². The Morgan fingerprint density at radius 1 is 0.885 bits per heavy atom. The molecule has 2 amide bonds. The summed E-state index contributed by atoms with van der Waals surface area (Å²) in [4.78, 5) is 67.5. The summed E-state index contributed by atoms with van der Waals surface area (Å²) in [6.45, 7) is 17.8. The van der Waals surface area contributed by atoms with Crippen molar-refractivity contribution < 1.29 is 47.5 Å². The lowest BCUT2D eigenvalue weighted by atomic mass is 9.76. The minimum Gasteiger partial charge on any atom is -0.459 e. The van der Waals surface area contributed by atoms with E-state index in [9.17, 15) is 29.3 Å². The van der Waals surface area contributed by atoms with Crippen LogP contribution in [-0.2, 0) is 41.5 Å². The predicted octanol–water partition coefficient (Wildman–Crippen LogP) is 9.49. The molecule has 4 aromatic rings. The van der Waals surface area contributed by atoms with Crippen molar-refractivity contribution in [3.05, 3.63) is 117 Å². The van der Waals surface area contributed by atoms with E-state index in [0.717, 1.165) is 11.1 Å². The topological polar surface area (TPSA) is 164 Å². The van der Waals surface area contributed by atoms with Gasteiger partial charge in [-0.15, -0.1) is 0 Å². The number of nitro groups is 1. The molecule has 0 radical (unpaired) electrons. The van der Waals surface area contributed by atoms with Crippen molar-refractivity contribution in [3.63, 3.8) is 0 Å². The van der Waals surface area contributed by atoms with Crippen molar-refractivity contribution in [3.8, 4) is 17.2 Å². The average Bonchev–Trinajstić information content (AvgIpc) is 3.45.